The van der Waals surface area contributed by atoms with Crippen LogP contribution in [-0.2, 0) is 14.8 Å². The van der Waals surface area contributed by atoms with Crippen molar-refractivity contribution in [3.8, 4) is 5.75 Å². The SMILES string of the molecule is COc1ccc(N(CCC(=O)Nc2ccccc2F)S(C)(=O)=O)cc1. The third kappa shape index (κ3) is 5.18. The van der Waals surface area contributed by atoms with Crippen LogP contribution in [-0.4, -0.2) is 34.2 Å². The zero-order valence-electron chi connectivity index (χ0n) is 13.9. The fourth-order valence-corrected chi connectivity index (χ4v) is 3.14. The summed E-state index contributed by atoms with van der Waals surface area (Å²) in [5.74, 6) is -0.437. The van der Waals surface area contributed by atoms with Gasteiger partial charge in [0, 0.05) is 13.0 Å². The van der Waals surface area contributed by atoms with Crippen molar-refractivity contribution in [2.75, 3.05) is 29.5 Å². The van der Waals surface area contributed by atoms with Crippen LogP contribution in [0.1, 0.15) is 6.42 Å². The van der Waals surface area contributed by atoms with Crippen molar-refractivity contribution in [3.63, 3.8) is 0 Å². The Morgan fingerprint density at radius 3 is 2.36 bits per heavy atom. The number of halogens is 1. The lowest BCUT2D eigenvalue weighted by Crippen LogP contribution is -2.33. The average Bonchev–Trinajstić information content (AvgIpc) is 2.56. The van der Waals surface area contributed by atoms with Crippen molar-refractivity contribution in [1.29, 1.82) is 0 Å². The average molecular weight is 366 g/mol. The van der Waals surface area contributed by atoms with Gasteiger partial charge in [-0.05, 0) is 36.4 Å². The van der Waals surface area contributed by atoms with Crippen LogP contribution in [0.4, 0.5) is 15.8 Å². The Balaban J connectivity index is 2.07. The molecule has 0 aromatic heterocycles. The quantitative estimate of drug-likeness (QED) is 0.817. The number of hydrogen-bond acceptors (Lipinski definition) is 4. The number of sulfonamides is 1. The second kappa shape index (κ2) is 7.98. The number of anilines is 2. The van der Waals surface area contributed by atoms with Crippen molar-refractivity contribution < 1.29 is 22.3 Å². The van der Waals surface area contributed by atoms with E-state index in [1.165, 1.54) is 25.3 Å². The summed E-state index contributed by atoms with van der Waals surface area (Å²) in [6.07, 6.45) is 0.944. The van der Waals surface area contributed by atoms with Gasteiger partial charge in [-0.15, -0.1) is 0 Å². The van der Waals surface area contributed by atoms with Gasteiger partial charge in [-0.3, -0.25) is 9.10 Å². The number of carbonyl (C=O) groups is 1. The Labute approximate surface area is 146 Å². The summed E-state index contributed by atoms with van der Waals surface area (Å²) in [6, 6.07) is 12.2. The zero-order chi connectivity index (χ0) is 18.4. The van der Waals surface area contributed by atoms with Gasteiger partial charge in [0.2, 0.25) is 15.9 Å². The predicted octanol–water partition coefficient (Wildman–Crippen LogP) is 2.63. The molecule has 0 fully saturated rings. The fraction of sp³-hybridized carbons (Fsp3) is 0.235. The van der Waals surface area contributed by atoms with Crippen molar-refractivity contribution in [2.45, 2.75) is 6.42 Å². The maximum absolute atomic E-state index is 13.5. The maximum Gasteiger partial charge on any atom is 0.232 e. The molecule has 0 radical (unpaired) electrons. The standard InChI is InChI=1S/C17H19FN2O4S/c1-24-14-9-7-13(8-10-14)20(25(2,22)23)12-11-17(21)19-16-6-4-3-5-15(16)18/h3-10H,11-12H2,1-2H3,(H,19,21). The van der Waals surface area contributed by atoms with E-state index >= 15 is 0 Å². The van der Waals surface area contributed by atoms with Gasteiger partial charge in [-0.25, -0.2) is 12.8 Å². The van der Waals surface area contributed by atoms with E-state index in [2.05, 4.69) is 5.32 Å². The number of ether oxygens (including phenoxy) is 1. The van der Waals surface area contributed by atoms with Gasteiger partial charge in [-0.2, -0.15) is 0 Å². The van der Waals surface area contributed by atoms with Gasteiger partial charge < -0.3 is 10.1 Å². The lowest BCUT2D eigenvalue weighted by Gasteiger charge is -2.22. The van der Waals surface area contributed by atoms with Crippen LogP contribution in [0, 0.1) is 5.82 Å². The van der Waals surface area contributed by atoms with Crippen molar-refractivity contribution in [2.24, 2.45) is 0 Å². The summed E-state index contributed by atoms with van der Waals surface area (Å²) in [4.78, 5) is 12.0. The molecule has 0 bridgehead atoms. The van der Waals surface area contributed by atoms with E-state index < -0.39 is 21.7 Å². The largest absolute Gasteiger partial charge is 0.497 e. The third-order valence-electron chi connectivity index (χ3n) is 3.45. The molecular weight excluding hydrogens is 347 g/mol. The number of amides is 1. The fourth-order valence-electron chi connectivity index (χ4n) is 2.21. The van der Waals surface area contributed by atoms with Gasteiger partial charge in [0.05, 0.1) is 24.7 Å². The Kier molecular flexibility index (Phi) is 5.97. The molecule has 0 saturated heterocycles. The lowest BCUT2D eigenvalue weighted by molar-refractivity contribution is -0.116. The molecule has 0 unspecified atom stereocenters. The number of methoxy groups -OCH3 is 1. The Hall–Kier alpha value is -2.61. The first-order valence-corrected chi connectivity index (χ1v) is 9.32. The number of nitrogens with one attached hydrogen (secondary N) is 1. The summed E-state index contributed by atoms with van der Waals surface area (Å²) in [6.45, 7) is -0.0640. The molecular formula is C17H19FN2O4S. The Bertz CT molecular complexity index is 838. The first-order chi connectivity index (χ1) is 11.8. The highest BCUT2D eigenvalue weighted by molar-refractivity contribution is 7.92. The van der Waals surface area contributed by atoms with E-state index in [1.807, 2.05) is 0 Å². The third-order valence-corrected chi connectivity index (χ3v) is 4.64. The van der Waals surface area contributed by atoms with Gasteiger partial charge >= 0.3 is 0 Å². The molecule has 1 N–H and O–H groups in total. The summed E-state index contributed by atoms with van der Waals surface area (Å²) in [7, 11) is -2.07. The van der Waals surface area contributed by atoms with Crippen molar-refractivity contribution in [3.05, 3.63) is 54.3 Å². The minimum atomic E-state index is -3.58. The number of rotatable bonds is 7. The molecule has 0 spiro atoms. The van der Waals surface area contributed by atoms with Gasteiger partial charge in [0.1, 0.15) is 11.6 Å². The van der Waals surface area contributed by atoms with E-state index in [-0.39, 0.29) is 18.7 Å². The second-order valence-electron chi connectivity index (χ2n) is 5.31. The summed E-state index contributed by atoms with van der Waals surface area (Å²) in [5, 5.41) is 2.43. The molecule has 0 aliphatic carbocycles. The van der Waals surface area contributed by atoms with Crippen molar-refractivity contribution in [1.82, 2.24) is 0 Å². The number of carbonyl (C=O) groups excluding carboxylic acids is 1. The monoisotopic (exact) mass is 366 g/mol. The highest BCUT2D eigenvalue weighted by Gasteiger charge is 2.19. The second-order valence-corrected chi connectivity index (χ2v) is 7.22. The molecule has 0 atom stereocenters. The zero-order valence-corrected chi connectivity index (χ0v) is 14.7. The molecule has 1 amide bonds. The highest BCUT2D eigenvalue weighted by Crippen LogP contribution is 2.22. The molecule has 25 heavy (non-hydrogen) atoms. The smallest absolute Gasteiger partial charge is 0.232 e. The van der Waals surface area contributed by atoms with Crippen LogP contribution >= 0.6 is 0 Å². The number of para-hydroxylation sites is 1. The van der Waals surface area contributed by atoms with Crippen LogP contribution < -0.4 is 14.4 Å². The minimum Gasteiger partial charge on any atom is -0.497 e. The molecule has 2 aromatic carbocycles. The van der Waals surface area contributed by atoms with Crippen LogP contribution in [0.3, 0.4) is 0 Å². The first-order valence-electron chi connectivity index (χ1n) is 7.47. The molecule has 6 nitrogen and oxygen atoms in total. The Morgan fingerprint density at radius 2 is 1.80 bits per heavy atom. The van der Waals surface area contributed by atoms with Gasteiger partial charge in [0.15, 0.2) is 0 Å². The van der Waals surface area contributed by atoms with Gasteiger partial charge in [-0.1, -0.05) is 12.1 Å². The first kappa shape index (κ1) is 18.7. The van der Waals surface area contributed by atoms with E-state index in [0.29, 0.717) is 11.4 Å². The van der Waals surface area contributed by atoms with E-state index in [1.54, 1.807) is 30.3 Å². The molecule has 8 heteroatoms. The Morgan fingerprint density at radius 1 is 1.16 bits per heavy atom. The molecule has 2 aromatic rings. The number of benzene rings is 2. The molecule has 0 heterocycles. The highest BCUT2D eigenvalue weighted by atomic mass is 32.2. The summed E-state index contributed by atoms with van der Waals surface area (Å²) in [5.41, 5.74) is 0.477. The van der Waals surface area contributed by atoms with E-state index in [4.69, 9.17) is 4.74 Å². The van der Waals surface area contributed by atoms with Crippen LogP contribution in [0.25, 0.3) is 0 Å². The molecule has 0 aliphatic rings. The van der Waals surface area contributed by atoms with Crippen LogP contribution in [0.15, 0.2) is 48.5 Å². The van der Waals surface area contributed by atoms with E-state index in [0.717, 1.165) is 10.6 Å². The lowest BCUT2D eigenvalue weighted by atomic mass is 10.2. The molecule has 2 rings (SSSR count). The summed E-state index contributed by atoms with van der Waals surface area (Å²) >= 11 is 0. The van der Waals surface area contributed by atoms with Crippen LogP contribution in [0.2, 0.25) is 0 Å². The summed E-state index contributed by atoms with van der Waals surface area (Å²) < 4.78 is 43.7. The number of hydrogen-bond donors (Lipinski definition) is 1. The predicted molar refractivity (Wildman–Crippen MR) is 94.8 cm³/mol. The van der Waals surface area contributed by atoms with E-state index in [9.17, 15) is 17.6 Å². The topological polar surface area (TPSA) is 75.7 Å². The van der Waals surface area contributed by atoms with Crippen molar-refractivity contribution >= 4 is 27.3 Å². The normalized spacial score (nSPS) is 11.0. The van der Waals surface area contributed by atoms with Gasteiger partial charge in [0.25, 0.3) is 0 Å². The maximum atomic E-state index is 13.5. The molecule has 0 aliphatic heterocycles. The molecule has 134 valence electrons. The molecule has 0 saturated carbocycles. The minimum absolute atomic E-state index is 0.0582. The van der Waals surface area contributed by atoms with Crippen LogP contribution in [0.5, 0.6) is 5.75 Å². The number of nitrogens with zero attached hydrogens (tertiary/aromatic N) is 1.